The molecule has 0 N–H and O–H groups in total. The van der Waals surface area contributed by atoms with Crippen LogP contribution in [-0.4, -0.2) is 12.6 Å². The molecule has 2 aliphatic carbocycles. The van der Waals surface area contributed by atoms with Crippen LogP contribution in [0.3, 0.4) is 0 Å². The molecule has 2 aliphatic rings. The number of hydrogen-bond acceptors (Lipinski definition) is 2. The quantitative estimate of drug-likeness (QED) is 0.565. The molecule has 3 atom stereocenters. The maximum Gasteiger partial charge on any atom is 0.309 e. The average Bonchev–Trinajstić information content (AvgIpc) is 2.47. The first-order chi connectivity index (χ1) is 5.34. The van der Waals surface area contributed by atoms with Crippen LogP contribution in [0.2, 0.25) is 0 Å². The average molecular weight is 154 g/mol. The second-order valence-corrected chi connectivity index (χ2v) is 3.54. The Morgan fingerprint density at radius 1 is 1.45 bits per heavy atom. The first-order valence-electron chi connectivity index (χ1n) is 4.51. The van der Waals surface area contributed by atoms with Crippen LogP contribution in [0.5, 0.6) is 0 Å². The van der Waals surface area contributed by atoms with E-state index in [1.54, 1.807) is 0 Å². The molecule has 0 aromatic carbocycles. The molecule has 0 aromatic rings. The van der Waals surface area contributed by atoms with Gasteiger partial charge < -0.3 is 4.74 Å². The molecule has 0 saturated heterocycles. The van der Waals surface area contributed by atoms with Crippen LogP contribution < -0.4 is 0 Å². The van der Waals surface area contributed by atoms with Crippen molar-refractivity contribution in [2.45, 2.75) is 26.2 Å². The third kappa shape index (κ3) is 1.05. The topological polar surface area (TPSA) is 26.3 Å². The van der Waals surface area contributed by atoms with Crippen molar-refractivity contribution in [1.29, 1.82) is 0 Å². The molecule has 0 amide bonds. The number of hydrogen-bond donors (Lipinski definition) is 0. The summed E-state index contributed by atoms with van der Waals surface area (Å²) in [4.78, 5) is 11.2. The van der Waals surface area contributed by atoms with E-state index in [-0.39, 0.29) is 5.97 Å². The summed E-state index contributed by atoms with van der Waals surface area (Å²) in [5.41, 5.74) is 0. The van der Waals surface area contributed by atoms with Gasteiger partial charge in [0.25, 0.3) is 0 Å². The zero-order valence-electron chi connectivity index (χ0n) is 6.88. The monoisotopic (exact) mass is 154 g/mol. The lowest BCUT2D eigenvalue weighted by Gasteiger charge is -2.01. The predicted octanol–water partition coefficient (Wildman–Crippen LogP) is 1.60. The Hall–Kier alpha value is -0.530. The van der Waals surface area contributed by atoms with Crippen molar-refractivity contribution >= 4 is 5.97 Å². The lowest BCUT2D eigenvalue weighted by Crippen LogP contribution is -2.09. The van der Waals surface area contributed by atoms with Crippen molar-refractivity contribution in [3.05, 3.63) is 0 Å². The van der Waals surface area contributed by atoms with Gasteiger partial charge in [0, 0.05) is 0 Å². The Labute approximate surface area is 66.9 Å². The van der Waals surface area contributed by atoms with Crippen LogP contribution >= 0.6 is 0 Å². The molecule has 2 heteroatoms. The third-order valence-corrected chi connectivity index (χ3v) is 2.97. The van der Waals surface area contributed by atoms with Crippen molar-refractivity contribution in [1.82, 2.24) is 0 Å². The number of esters is 1. The molecule has 0 aromatic heterocycles. The summed E-state index contributed by atoms with van der Waals surface area (Å²) in [6.07, 6.45) is 3.84. The number of carbonyl (C=O) groups excluding carboxylic acids is 1. The SMILES string of the molecule is CCOC(=O)C1[C@H]2CCC[C@@H]12. The predicted molar refractivity (Wildman–Crippen MR) is 41.0 cm³/mol. The van der Waals surface area contributed by atoms with E-state index in [0.29, 0.717) is 24.4 Å². The Bertz CT molecular complexity index is 166. The Kier molecular flexibility index (Phi) is 1.63. The number of carbonyl (C=O) groups is 1. The first-order valence-corrected chi connectivity index (χ1v) is 4.51. The van der Waals surface area contributed by atoms with Crippen LogP contribution in [-0.2, 0) is 9.53 Å². The molecule has 62 valence electrons. The van der Waals surface area contributed by atoms with Crippen molar-refractivity contribution < 1.29 is 9.53 Å². The molecular weight excluding hydrogens is 140 g/mol. The number of ether oxygens (including phenoxy) is 1. The van der Waals surface area contributed by atoms with Crippen LogP contribution in [0.15, 0.2) is 0 Å². The Morgan fingerprint density at radius 3 is 2.64 bits per heavy atom. The molecule has 2 fully saturated rings. The summed E-state index contributed by atoms with van der Waals surface area (Å²) in [5, 5.41) is 0. The fourth-order valence-corrected chi connectivity index (χ4v) is 2.41. The Balaban J connectivity index is 1.85. The maximum atomic E-state index is 11.2. The number of fused-ring (bicyclic) bond motifs is 1. The van der Waals surface area contributed by atoms with E-state index in [4.69, 9.17) is 4.74 Å². The highest BCUT2D eigenvalue weighted by atomic mass is 16.5. The van der Waals surface area contributed by atoms with Gasteiger partial charge in [-0.25, -0.2) is 0 Å². The van der Waals surface area contributed by atoms with Crippen molar-refractivity contribution in [2.24, 2.45) is 17.8 Å². The van der Waals surface area contributed by atoms with Crippen LogP contribution in [0, 0.1) is 17.8 Å². The van der Waals surface area contributed by atoms with Gasteiger partial charge in [-0.1, -0.05) is 6.42 Å². The van der Waals surface area contributed by atoms with Gasteiger partial charge >= 0.3 is 5.97 Å². The minimum Gasteiger partial charge on any atom is -0.466 e. The summed E-state index contributed by atoms with van der Waals surface area (Å²) in [7, 11) is 0. The van der Waals surface area contributed by atoms with Crippen LogP contribution in [0.25, 0.3) is 0 Å². The van der Waals surface area contributed by atoms with Gasteiger partial charge in [0.05, 0.1) is 12.5 Å². The van der Waals surface area contributed by atoms with Crippen LogP contribution in [0.4, 0.5) is 0 Å². The smallest absolute Gasteiger partial charge is 0.309 e. The fourth-order valence-electron chi connectivity index (χ4n) is 2.41. The van der Waals surface area contributed by atoms with Gasteiger partial charge in [0.2, 0.25) is 0 Å². The summed E-state index contributed by atoms with van der Waals surface area (Å²) in [6.45, 7) is 2.41. The largest absolute Gasteiger partial charge is 0.466 e. The van der Waals surface area contributed by atoms with E-state index in [2.05, 4.69) is 0 Å². The second kappa shape index (κ2) is 2.50. The second-order valence-electron chi connectivity index (χ2n) is 3.54. The summed E-state index contributed by atoms with van der Waals surface area (Å²) in [5.74, 6) is 1.76. The summed E-state index contributed by atoms with van der Waals surface area (Å²) in [6, 6.07) is 0. The maximum absolute atomic E-state index is 11.2. The molecule has 0 heterocycles. The zero-order valence-corrected chi connectivity index (χ0v) is 6.88. The first kappa shape index (κ1) is 7.14. The van der Waals surface area contributed by atoms with Gasteiger partial charge in [-0.2, -0.15) is 0 Å². The van der Waals surface area contributed by atoms with Crippen LogP contribution in [0.1, 0.15) is 26.2 Å². The molecule has 1 unspecified atom stereocenters. The van der Waals surface area contributed by atoms with Gasteiger partial charge in [0.1, 0.15) is 0 Å². The highest BCUT2D eigenvalue weighted by Crippen LogP contribution is 2.57. The van der Waals surface area contributed by atoms with E-state index in [9.17, 15) is 4.79 Å². The highest BCUT2D eigenvalue weighted by Gasteiger charge is 2.57. The summed E-state index contributed by atoms with van der Waals surface area (Å²) < 4.78 is 4.96. The van der Waals surface area contributed by atoms with E-state index >= 15 is 0 Å². The zero-order chi connectivity index (χ0) is 7.84. The van der Waals surface area contributed by atoms with Gasteiger partial charge in [-0.3, -0.25) is 4.79 Å². The molecule has 0 radical (unpaired) electrons. The van der Waals surface area contributed by atoms with Gasteiger partial charge in [0.15, 0.2) is 0 Å². The molecule has 0 spiro atoms. The minimum absolute atomic E-state index is 0.0576. The molecular formula is C9H14O2. The Morgan fingerprint density at radius 2 is 2.09 bits per heavy atom. The lowest BCUT2D eigenvalue weighted by molar-refractivity contribution is -0.145. The third-order valence-electron chi connectivity index (χ3n) is 2.97. The van der Waals surface area contributed by atoms with Crippen molar-refractivity contribution in [2.75, 3.05) is 6.61 Å². The number of rotatable bonds is 2. The van der Waals surface area contributed by atoms with Gasteiger partial charge in [-0.15, -0.1) is 0 Å². The molecule has 11 heavy (non-hydrogen) atoms. The van der Waals surface area contributed by atoms with E-state index in [1.807, 2.05) is 6.92 Å². The minimum atomic E-state index is 0.0576. The molecule has 0 bridgehead atoms. The van der Waals surface area contributed by atoms with Crippen molar-refractivity contribution in [3.63, 3.8) is 0 Å². The fraction of sp³-hybridized carbons (Fsp3) is 0.889. The molecule has 0 aliphatic heterocycles. The van der Waals surface area contributed by atoms with Crippen molar-refractivity contribution in [3.8, 4) is 0 Å². The van der Waals surface area contributed by atoms with Gasteiger partial charge in [-0.05, 0) is 31.6 Å². The normalized spacial score (nSPS) is 39.9. The van der Waals surface area contributed by atoms with E-state index < -0.39 is 0 Å². The molecule has 2 nitrogen and oxygen atoms in total. The molecule has 2 rings (SSSR count). The highest BCUT2D eigenvalue weighted by molar-refractivity contribution is 5.76. The van der Waals surface area contributed by atoms with E-state index in [0.717, 1.165) is 0 Å². The lowest BCUT2D eigenvalue weighted by atomic mass is 10.1. The standard InChI is InChI=1S/C9H14O2/c1-2-11-9(10)8-6-4-3-5-7(6)8/h6-8H,2-5H2,1H3/t6-,7+,8?. The van der Waals surface area contributed by atoms with E-state index in [1.165, 1.54) is 19.3 Å². The molecule has 2 saturated carbocycles. The summed E-state index contributed by atoms with van der Waals surface area (Å²) >= 11 is 0.